The van der Waals surface area contributed by atoms with Crippen LogP contribution in [0.15, 0.2) is 18.2 Å². The normalized spacial score (nSPS) is 20.6. The van der Waals surface area contributed by atoms with Gasteiger partial charge in [0.05, 0.1) is 0 Å². The third kappa shape index (κ3) is 1.96. The number of benzene rings is 1. The van der Waals surface area contributed by atoms with Crippen LogP contribution in [-0.2, 0) is 4.79 Å². The summed E-state index contributed by atoms with van der Waals surface area (Å²) in [5.74, 6) is 1.42. The molecule has 1 heterocycles. The summed E-state index contributed by atoms with van der Waals surface area (Å²) in [7, 11) is 0. The fourth-order valence-electron chi connectivity index (χ4n) is 2.35. The van der Waals surface area contributed by atoms with E-state index in [-0.39, 0.29) is 5.91 Å². The first-order valence-electron chi connectivity index (χ1n) is 5.61. The van der Waals surface area contributed by atoms with Gasteiger partial charge in [-0.3, -0.25) is 4.79 Å². The molecule has 0 aromatic heterocycles. The maximum absolute atomic E-state index is 11.9. The van der Waals surface area contributed by atoms with E-state index < -0.39 is 0 Å². The number of nitrogens with zero attached hydrogens (tertiary/aromatic N) is 1. The monoisotopic (exact) mass is 235 g/mol. The Balaban J connectivity index is 2.35. The molecule has 1 saturated heterocycles. The molecule has 1 aliphatic heterocycles. The zero-order valence-corrected chi connectivity index (χ0v) is 10.6. The lowest BCUT2D eigenvalue weighted by molar-refractivity contribution is -0.117. The first kappa shape index (κ1) is 11.5. The predicted molar refractivity (Wildman–Crippen MR) is 70.2 cm³/mol. The van der Waals surface area contributed by atoms with Crippen molar-refractivity contribution in [1.82, 2.24) is 0 Å². The van der Waals surface area contributed by atoms with Gasteiger partial charge in [-0.1, -0.05) is 18.2 Å². The van der Waals surface area contributed by atoms with E-state index in [1.807, 2.05) is 11.0 Å². The second-order valence-corrected chi connectivity index (χ2v) is 4.86. The summed E-state index contributed by atoms with van der Waals surface area (Å²) in [6.45, 7) is 4.93. The van der Waals surface area contributed by atoms with Crippen molar-refractivity contribution >= 4 is 24.2 Å². The quantitative estimate of drug-likeness (QED) is 0.781. The van der Waals surface area contributed by atoms with Crippen molar-refractivity contribution in [3.8, 4) is 0 Å². The first-order valence-corrected chi connectivity index (χ1v) is 6.24. The molecule has 0 aliphatic carbocycles. The summed E-state index contributed by atoms with van der Waals surface area (Å²) in [6, 6.07) is 6.15. The molecular weight excluding hydrogens is 218 g/mol. The van der Waals surface area contributed by atoms with Crippen LogP contribution in [0.3, 0.4) is 0 Å². The van der Waals surface area contributed by atoms with Gasteiger partial charge in [-0.15, -0.1) is 0 Å². The van der Waals surface area contributed by atoms with Crippen molar-refractivity contribution < 1.29 is 4.79 Å². The number of carbonyl (C=O) groups excluding carboxylic acids is 1. The Morgan fingerprint density at radius 1 is 1.38 bits per heavy atom. The molecule has 0 bridgehead atoms. The van der Waals surface area contributed by atoms with Crippen LogP contribution in [-0.4, -0.2) is 18.2 Å². The lowest BCUT2D eigenvalue weighted by atomic mass is 10.1. The number of amides is 1. The highest BCUT2D eigenvalue weighted by atomic mass is 32.1. The minimum Gasteiger partial charge on any atom is -0.312 e. The summed E-state index contributed by atoms with van der Waals surface area (Å²) in [5, 5.41) is 0. The molecule has 0 spiro atoms. The summed E-state index contributed by atoms with van der Waals surface area (Å²) >= 11 is 4.28. The minimum atomic E-state index is 0.233. The van der Waals surface area contributed by atoms with Gasteiger partial charge in [0.25, 0.3) is 0 Å². The molecule has 3 heteroatoms. The number of aryl methyl sites for hydroxylation is 2. The lowest BCUT2D eigenvalue weighted by Crippen LogP contribution is -2.26. The van der Waals surface area contributed by atoms with Gasteiger partial charge in [0.15, 0.2) is 0 Å². The third-order valence-corrected chi connectivity index (χ3v) is 3.69. The Morgan fingerprint density at radius 3 is 2.50 bits per heavy atom. The van der Waals surface area contributed by atoms with Gasteiger partial charge in [0, 0.05) is 18.7 Å². The second-order valence-electron chi connectivity index (χ2n) is 4.50. The Bertz CT molecular complexity index is 396. The molecule has 1 aromatic rings. The van der Waals surface area contributed by atoms with E-state index in [1.54, 1.807) is 0 Å². The van der Waals surface area contributed by atoms with E-state index in [9.17, 15) is 4.79 Å². The smallest absolute Gasteiger partial charge is 0.227 e. The van der Waals surface area contributed by atoms with Gasteiger partial charge < -0.3 is 4.90 Å². The van der Waals surface area contributed by atoms with E-state index in [2.05, 4.69) is 38.6 Å². The molecule has 1 amide bonds. The Hall–Kier alpha value is -0.960. The summed E-state index contributed by atoms with van der Waals surface area (Å²) < 4.78 is 0. The van der Waals surface area contributed by atoms with Crippen LogP contribution in [0.2, 0.25) is 0 Å². The maximum atomic E-state index is 11.9. The summed E-state index contributed by atoms with van der Waals surface area (Å²) in [5.41, 5.74) is 3.44. The Kier molecular flexibility index (Phi) is 3.24. The molecule has 1 aromatic carbocycles. The average molecular weight is 235 g/mol. The van der Waals surface area contributed by atoms with Crippen molar-refractivity contribution in [2.45, 2.75) is 20.3 Å². The fourth-order valence-corrected chi connectivity index (χ4v) is 2.60. The van der Waals surface area contributed by atoms with Crippen molar-refractivity contribution in [2.75, 3.05) is 17.2 Å². The zero-order valence-electron chi connectivity index (χ0n) is 9.73. The number of rotatable bonds is 2. The molecule has 0 N–H and O–H groups in total. The lowest BCUT2D eigenvalue weighted by Gasteiger charge is -2.21. The second kappa shape index (κ2) is 4.50. The molecule has 0 saturated carbocycles. The van der Waals surface area contributed by atoms with E-state index in [4.69, 9.17) is 0 Å². The fraction of sp³-hybridized carbons (Fsp3) is 0.462. The van der Waals surface area contributed by atoms with E-state index in [0.29, 0.717) is 12.3 Å². The zero-order chi connectivity index (χ0) is 11.7. The number of anilines is 1. The van der Waals surface area contributed by atoms with Crippen LogP contribution in [0.1, 0.15) is 17.5 Å². The topological polar surface area (TPSA) is 20.3 Å². The molecule has 1 aliphatic rings. The average Bonchev–Trinajstić information content (AvgIpc) is 2.60. The van der Waals surface area contributed by atoms with Gasteiger partial charge in [-0.05, 0) is 36.6 Å². The molecule has 16 heavy (non-hydrogen) atoms. The van der Waals surface area contributed by atoms with Crippen LogP contribution in [0.4, 0.5) is 5.69 Å². The Labute approximate surface area is 102 Å². The molecule has 86 valence electrons. The molecule has 1 fully saturated rings. The molecule has 2 nitrogen and oxygen atoms in total. The Morgan fingerprint density at radius 2 is 2.00 bits per heavy atom. The van der Waals surface area contributed by atoms with Crippen molar-refractivity contribution in [1.29, 1.82) is 0 Å². The number of hydrogen-bond acceptors (Lipinski definition) is 2. The van der Waals surface area contributed by atoms with Gasteiger partial charge in [-0.2, -0.15) is 12.6 Å². The van der Waals surface area contributed by atoms with Crippen LogP contribution in [0, 0.1) is 19.8 Å². The molecule has 1 unspecified atom stereocenters. The highest BCUT2D eigenvalue weighted by Crippen LogP contribution is 2.30. The molecule has 2 rings (SSSR count). The van der Waals surface area contributed by atoms with Gasteiger partial charge >= 0.3 is 0 Å². The number of thiol groups is 1. The third-order valence-electron chi connectivity index (χ3n) is 3.17. The molecular formula is C13H17NOS. The minimum absolute atomic E-state index is 0.233. The number of para-hydroxylation sites is 1. The SMILES string of the molecule is Cc1cccc(C)c1N1CC(CS)CC1=O. The molecule has 0 radical (unpaired) electrons. The number of hydrogen-bond donors (Lipinski definition) is 1. The predicted octanol–water partition coefficient (Wildman–Crippen LogP) is 2.59. The van der Waals surface area contributed by atoms with Crippen molar-refractivity contribution in [3.63, 3.8) is 0 Å². The van der Waals surface area contributed by atoms with Gasteiger partial charge in [-0.25, -0.2) is 0 Å². The summed E-state index contributed by atoms with van der Waals surface area (Å²) in [6.07, 6.45) is 0.636. The van der Waals surface area contributed by atoms with Crippen LogP contribution >= 0.6 is 12.6 Å². The van der Waals surface area contributed by atoms with Crippen LogP contribution in [0.5, 0.6) is 0 Å². The van der Waals surface area contributed by atoms with E-state index >= 15 is 0 Å². The van der Waals surface area contributed by atoms with Crippen LogP contribution in [0.25, 0.3) is 0 Å². The standard InChI is InChI=1S/C13H17NOS/c1-9-4-3-5-10(2)13(9)14-7-11(8-16)6-12(14)15/h3-5,11,16H,6-8H2,1-2H3. The highest BCUT2D eigenvalue weighted by molar-refractivity contribution is 7.80. The van der Waals surface area contributed by atoms with Gasteiger partial charge in [0.2, 0.25) is 5.91 Å². The summed E-state index contributed by atoms with van der Waals surface area (Å²) in [4.78, 5) is 13.9. The maximum Gasteiger partial charge on any atom is 0.227 e. The van der Waals surface area contributed by atoms with E-state index in [0.717, 1.165) is 18.0 Å². The van der Waals surface area contributed by atoms with Crippen LogP contribution < -0.4 is 4.90 Å². The first-order chi connectivity index (χ1) is 7.63. The highest BCUT2D eigenvalue weighted by Gasteiger charge is 2.30. The van der Waals surface area contributed by atoms with Gasteiger partial charge in [0.1, 0.15) is 0 Å². The molecule has 1 atom stereocenters. The van der Waals surface area contributed by atoms with E-state index in [1.165, 1.54) is 11.1 Å². The largest absolute Gasteiger partial charge is 0.312 e. The van der Waals surface area contributed by atoms with Crippen molar-refractivity contribution in [3.05, 3.63) is 29.3 Å². The number of carbonyl (C=O) groups is 1. The van der Waals surface area contributed by atoms with Crippen molar-refractivity contribution in [2.24, 2.45) is 5.92 Å².